The van der Waals surface area contributed by atoms with E-state index in [-0.39, 0.29) is 23.8 Å². The molecular formula is C20H14FN3O2S. The van der Waals surface area contributed by atoms with E-state index in [0.717, 1.165) is 5.56 Å². The molecule has 0 bridgehead atoms. The van der Waals surface area contributed by atoms with Crippen molar-refractivity contribution in [3.63, 3.8) is 0 Å². The summed E-state index contributed by atoms with van der Waals surface area (Å²) in [5, 5.41) is 5.00. The highest BCUT2D eigenvalue weighted by atomic mass is 32.1. The maximum Gasteiger partial charge on any atom is 0.263 e. The molecule has 5 nitrogen and oxygen atoms in total. The van der Waals surface area contributed by atoms with Crippen molar-refractivity contribution in [1.82, 2.24) is 9.55 Å². The number of para-hydroxylation sites is 1. The first kappa shape index (κ1) is 17.1. The fourth-order valence-corrected chi connectivity index (χ4v) is 3.71. The number of aromatic nitrogens is 2. The average molecular weight is 379 g/mol. The summed E-state index contributed by atoms with van der Waals surface area (Å²) in [4.78, 5) is 30.1. The van der Waals surface area contributed by atoms with Crippen LogP contribution < -0.4 is 10.9 Å². The standard InChI is InChI=1S/C20H14FN3O2S/c21-14-8-6-13(7-9-14)16-11-27-19-18(16)20(26)24(12-22-19)10-17(25)23-15-4-2-1-3-5-15/h1-9,11-12H,10H2,(H,23,25). The van der Waals surface area contributed by atoms with Crippen LogP contribution in [-0.4, -0.2) is 15.5 Å². The van der Waals surface area contributed by atoms with Gasteiger partial charge in [-0.1, -0.05) is 30.3 Å². The number of halogens is 1. The van der Waals surface area contributed by atoms with Gasteiger partial charge in [-0.15, -0.1) is 11.3 Å². The minimum Gasteiger partial charge on any atom is -0.325 e. The number of fused-ring (bicyclic) bond motifs is 1. The van der Waals surface area contributed by atoms with Crippen molar-refractivity contribution in [1.29, 1.82) is 0 Å². The topological polar surface area (TPSA) is 64.0 Å². The lowest BCUT2D eigenvalue weighted by molar-refractivity contribution is -0.116. The van der Waals surface area contributed by atoms with Crippen LogP contribution in [0.2, 0.25) is 0 Å². The Morgan fingerprint density at radius 2 is 1.85 bits per heavy atom. The Labute approximate surface area is 157 Å². The zero-order valence-electron chi connectivity index (χ0n) is 14.1. The van der Waals surface area contributed by atoms with Crippen molar-refractivity contribution in [3.8, 4) is 11.1 Å². The van der Waals surface area contributed by atoms with Gasteiger partial charge >= 0.3 is 0 Å². The molecule has 0 unspecified atom stereocenters. The van der Waals surface area contributed by atoms with Crippen LogP contribution >= 0.6 is 11.3 Å². The van der Waals surface area contributed by atoms with E-state index < -0.39 is 0 Å². The molecule has 7 heteroatoms. The van der Waals surface area contributed by atoms with Gasteiger partial charge in [0.2, 0.25) is 5.91 Å². The van der Waals surface area contributed by atoms with E-state index in [1.165, 1.54) is 34.4 Å². The van der Waals surface area contributed by atoms with Gasteiger partial charge < -0.3 is 5.32 Å². The molecule has 0 spiro atoms. The lowest BCUT2D eigenvalue weighted by Gasteiger charge is -2.07. The smallest absolute Gasteiger partial charge is 0.263 e. The monoisotopic (exact) mass is 379 g/mol. The molecule has 0 atom stereocenters. The molecule has 0 saturated heterocycles. The number of nitrogens with one attached hydrogen (secondary N) is 1. The Bertz CT molecular complexity index is 1170. The Morgan fingerprint density at radius 3 is 2.59 bits per heavy atom. The molecule has 27 heavy (non-hydrogen) atoms. The molecule has 0 radical (unpaired) electrons. The minimum absolute atomic E-state index is 0.143. The van der Waals surface area contributed by atoms with Gasteiger partial charge in [-0.2, -0.15) is 0 Å². The molecule has 134 valence electrons. The van der Waals surface area contributed by atoms with Crippen LogP contribution in [0.3, 0.4) is 0 Å². The summed E-state index contributed by atoms with van der Waals surface area (Å²) in [7, 11) is 0. The first-order valence-electron chi connectivity index (χ1n) is 8.19. The second-order valence-electron chi connectivity index (χ2n) is 5.93. The molecule has 0 aliphatic carbocycles. The minimum atomic E-state index is -0.341. The van der Waals surface area contributed by atoms with E-state index in [1.54, 1.807) is 24.3 Å². The van der Waals surface area contributed by atoms with Crippen molar-refractivity contribution in [3.05, 3.63) is 82.5 Å². The zero-order valence-corrected chi connectivity index (χ0v) is 14.9. The predicted molar refractivity (Wildman–Crippen MR) is 104 cm³/mol. The molecule has 4 aromatic rings. The van der Waals surface area contributed by atoms with Gasteiger partial charge in [-0.25, -0.2) is 9.37 Å². The van der Waals surface area contributed by atoms with E-state index >= 15 is 0 Å². The van der Waals surface area contributed by atoms with Crippen LogP contribution in [0, 0.1) is 5.82 Å². The molecule has 2 heterocycles. The van der Waals surface area contributed by atoms with E-state index in [2.05, 4.69) is 10.3 Å². The van der Waals surface area contributed by atoms with Crippen LogP contribution in [0.15, 0.2) is 71.1 Å². The summed E-state index contributed by atoms with van der Waals surface area (Å²) in [6.45, 7) is -0.143. The van der Waals surface area contributed by atoms with Crippen molar-refractivity contribution < 1.29 is 9.18 Å². The molecule has 0 fully saturated rings. The molecular weight excluding hydrogens is 365 g/mol. The summed E-state index contributed by atoms with van der Waals surface area (Å²) in [5.74, 6) is -0.658. The van der Waals surface area contributed by atoms with Crippen LogP contribution in [0.5, 0.6) is 0 Å². The third-order valence-corrected chi connectivity index (χ3v) is 4.97. The Morgan fingerprint density at radius 1 is 1.11 bits per heavy atom. The number of amides is 1. The predicted octanol–water partition coefficient (Wildman–Crippen LogP) is 3.90. The molecule has 1 N–H and O–H groups in total. The summed E-state index contributed by atoms with van der Waals surface area (Å²) in [5.41, 5.74) is 1.77. The molecule has 2 aromatic heterocycles. The van der Waals surface area contributed by atoms with Gasteiger partial charge in [-0.05, 0) is 29.8 Å². The SMILES string of the molecule is O=C(Cn1cnc2scc(-c3ccc(F)cc3)c2c1=O)Nc1ccccc1. The largest absolute Gasteiger partial charge is 0.325 e. The van der Waals surface area contributed by atoms with E-state index in [4.69, 9.17) is 0 Å². The third-order valence-electron chi connectivity index (χ3n) is 4.09. The quantitative estimate of drug-likeness (QED) is 0.585. The van der Waals surface area contributed by atoms with E-state index in [1.807, 2.05) is 23.6 Å². The van der Waals surface area contributed by atoms with Crippen LogP contribution in [0.4, 0.5) is 10.1 Å². The Hall–Kier alpha value is -3.32. The maximum absolute atomic E-state index is 13.2. The fraction of sp³-hybridized carbons (Fsp3) is 0.0500. The molecule has 4 rings (SSSR count). The third kappa shape index (κ3) is 3.50. The highest BCUT2D eigenvalue weighted by Gasteiger charge is 2.15. The van der Waals surface area contributed by atoms with Crippen LogP contribution in [0.1, 0.15) is 0 Å². The van der Waals surface area contributed by atoms with Crippen molar-refractivity contribution in [2.75, 3.05) is 5.32 Å². The van der Waals surface area contributed by atoms with Gasteiger partial charge in [0.25, 0.3) is 5.56 Å². The Balaban J connectivity index is 1.67. The molecule has 2 aromatic carbocycles. The number of hydrogen-bond acceptors (Lipinski definition) is 4. The molecule has 0 aliphatic heterocycles. The molecule has 0 saturated carbocycles. The van der Waals surface area contributed by atoms with E-state index in [9.17, 15) is 14.0 Å². The van der Waals surface area contributed by atoms with Gasteiger partial charge in [0.15, 0.2) is 0 Å². The van der Waals surface area contributed by atoms with Gasteiger partial charge in [0.05, 0.1) is 11.7 Å². The summed E-state index contributed by atoms with van der Waals surface area (Å²) in [6.07, 6.45) is 1.38. The maximum atomic E-state index is 13.2. The van der Waals surface area contributed by atoms with Crippen LogP contribution in [0.25, 0.3) is 21.3 Å². The number of benzene rings is 2. The lowest BCUT2D eigenvalue weighted by Crippen LogP contribution is -2.27. The normalized spacial score (nSPS) is 10.9. The number of rotatable bonds is 4. The van der Waals surface area contributed by atoms with Gasteiger partial charge in [0, 0.05) is 16.6 Å². The first-order valence-corrected chi connectivity index (χ1v) is 9.07. The fourth-order valence-electron chi connectivity index (χ4n) is 2.80. The number of hydrogen-bond donors (Lipinski definition) is 1. The van der Waals surface area contributed by atoms with Crippen LogP contribution in [-0.2, 0) is 11.3 Å². The molecule has 0 aliphatic rings. The average Bonchev–Trinajstić information content (AvgIpc) is 3.10. The van der Waals surface area contributed by atoms with Crippen molar-refractivity contribution in [2.24, 2.45) is 0 Å². The number of nitrogens with zero attached hydrogens (tertiary/aromatic N) is 2. The highest BCUT2D eigenvalue weighted by Crippen LogP contribution is 2.30. The van der Waals surface area contributed by atoms with Crippen molar-refractivity contribution in [2.45, 2.75) is 6.54 Å². The number of anilines is 1. The van der Waals surface area contributed by atoms with Gasteiger partial charge in [-0.3, -0.25) is 14.2 Å². The second kappa shape index (κ2) is 7.13. The second-order valence-corrected chi connectivity index (χ2v) is 6.79. The van der Waals surface area contributed by atoms with Gasteiger partial charge in [0.1, 0.15) is 17.2 Å². The lowest BCUT2D eigenvalue weighted by atomic mass is 10.1. The number of carbonyl (C=O) groups is 1. The summed E-state index contributed by atoms with van der Waals surface area (Å²) >= 11 is 1.34. The zero-order chi connectivity index (χ0) is 18.8. The highest BCUT2D eigenvalue weighted by molar-refractivity contribution is 7.17. The van der Waals surface area contributed by atoms with Crippen molar-refractivity contribution >= 4 is 33.1 Å². The summed E-state index contributed by atoms with van der Waals surface area (Å²) < 4.78 is 14.5. The molecule has 1 amide bonds. The first-order chi connectivity index (χ1) is 13.1. The number of carbonyl (C=O) groups excluding carboxylic acids is 1. The number of thiophene rings is 1. The van der Waals surface area contributed by atoms with E-state index in [0.29, 0.717) is 21.5 Å². The summed E-state index contributed by atoms with van der Waals surface area (Å²) in [6, 6.07) is 15.0. The Kier molecular flexibility index (Phi) is 4.52.